The van der Waals surface area contributed by atoms with Crippen molar-refractivity contribution in [3.8, 4) is 0 Å². The molecule has 0 radical (unpaired) electrons. The van der Waals surface area contributed by atoms with Crippen LogP contribution in [0.3, 0.4) is 0 Å². The summed E-state index contributed by atoms with van der Waals surface area (Å²) in [5, 5.41) is 2.59. The van der Waals surface area contributed by atoms with Crippen molar-refractivity contribution in [2.75, 3.05) is 11.5 Å². The van der Waals surface area contributed by atoms with Gasteiger partial charge in [-0.05, 0) is 38.5 Å². The van der Waals surface area contributed by atoms with E-state index in [4.69, 9.17) is 10.5 Å². The molecule has 1 amide bonds. The fourth-order valence-electron chi connectivity index (χ4n) is 2.08. The van der Waals surface area contributed by atoms with E-state index in [1.54, 1.807) is 32.9 Å². The number of anilines is 1. The maximum Gasteiger partial charge on any atom is 0.408 e. The molecule has 1 aromatic carbocycles. The zero-order valence-electron chi connectivity index (χ0n) is 11.6. The van der Waals surface area contributed by atoms with Crippen LogP contribution in [0.25, 0.3) is 0 Å². The number of hydrogen-bond acceptors (Lipinski definition) is 5. The molecule has 1 heterocycles. The average molecular weight is 298 g/mol. The predicted molar refractivity (Wildman–Crippen MR) is 75.0 cm³/mol. The Balaban J connectivity index is 2.24. The molecule has 1 unspecified atom stereocenters. The number of sulfone groups is 1. The standard InChI is InChI=1S/C13H18N2O4S/c1-13(2,3)19-12(16)15-10-7-20(17,18)11-6-8(14)4-5-9(10)11/h4-6,10H,7,14H2,1-3H3,(H,15,16). The summed E-state index contributed by atoms with van der Waals surface area (Å²) in [4.78, 5) is 11.9. The van der Waals surface area contributed by atoms with E-state index in [9.17, 15) is 13.2 Å². The molecule has 0 bridgehead atoms. The Hall–Kier alpha value is -1.76. The normalized spacial score (nSPS) is 20.2. The van der Waals surface area contributed by atoms with Crippen molar-refractivity contribution in [1.82, 2.24) is 5.32 Å². The van der Waals surface area contributed by atoms with E-state index in [0.717, 1.165) is 0 Å². The Labute approximate surface area is 118 Å². The Morgan fingerprint density at radius 1 is 1.40 bits per heavy atom. The second-order valence-electron chi connectivity index (χ2n) is 5.78. The molecule has 20 heavy (non-hydrogen) atoms. The molecule has 0 spiro atoms. The summed E-state index contributed by atoms with van der Waals surface area (Å²) in [5.41, 5.74) is 5.90. The number of fused-ring (bicyclic) bond motifs is 1. The van der Waals surface area contributed by atoms with E-state index < -0.39 is 27.6 Å². The van der Waals surface area contributed by atoms with Gasteiger partial charge in [0.15, 0.2) is 9.84 Å². The van der Waals surface area contributed by atoms with E-state index in [0.29, 0.717) is 11.3 Å². The number of alkyl carbamates (subject to hydrolysis) is 1. The minimum atomic E-state index is -3.42. The van der Waals surface area contributed by atoms with Crippen LogP contribution in [0.1, 0.15) is 32.4 Å². The summed E-state index contributed by atoms with van der Waals surface area (Å²) in [7, 11) is -3.42. The lowest BCUT2D eigenvalue weighted by Gasteiger charge is -2.21. The van der Waals surface area contributed by atoms with Crippen LogP contribution < -0.4 is 11.1 Å². The lowest BCUT2D eigenvalue weighted by atomic mass is 10.1. The highest BCUT2D eigenvalue weighted by atomic mass is 32.2. The topological polar surface area (TPSA) is 98.5 Å². The van der Waals surface area contributed by atoms with Crippen LogP contribution in [0.5, 0.6) is 0 Å². The molecule has 110 valence electrons. The van der Waals surface area contributed by atoms with Gasteiger partial charge >= 0.3 is 6.09 Å². The Morgan fingerprint density at radius 3 is 2.65 bits per heavy atom. The maximum absolute atomic E-state index is 12.0. The summed E-state index contributed by atoms with van der Waals surface area (Å²) in [5.74, 6) is -0.176. The third-order valence-corrected chi connectivity index (χ3v) is 4.62. The van der Waals surface area contributed by atoms with Gasteiger partial charge in [0.1, 0.15) is 5.60 Å². The van der Waals surface area contributed by atoms with Crippen LogP contribution in [-0.4, -0.2) is 25.9 Å². The van der Waals surface area contributed by atoms with Crippen LogP contribution >= 0.6 is 0 Å². The molecule has 7 heteroatoms. The SMILES string of the molecule is CC(C)(C)OC(=O)NC1CS(=O)(=O)c2cc(N)ccc21. The molecule has 1 atom stereocenters. The van der Waals surface area contributed by atoms with Gasteiger partial charge in [-0.15, -0.1) is 0 Å². The highest BCUT2D eigenvalue weighted by Crippen LogP contribution is 2.34. The molecule has 0 fully saturated rings. The van der Waals surface area contributed by atoms with Gasteiger partial charge in [0.05, 0.1) is 16.7 Å². The van der Waals surface area contributed by atoms with Gasteiger partial charge in [0.25, 0.3) is 0 Å². The van der Waals surface area contributed by atoms with Gasteiger partial charge in [-0.3, -0.25) is 0 Å². The minimum absolute atomic E-state index is 0.176. The zero-order valence-corrected chi connectivity index (χ0v) is 12.5. The monoisotopic (exact) mass is 298 g/mol. The molecule has 3 N–H and O–H groups in total. The first kappa shape index (κ1) is 14.6. The van der Waals surface area contributed by atoms with E-state index in [2.05, 4.69) is 5.32 Å². The number of rotatable bonds is 1. The van der Waals surface area contributed by atoms with E-state index >= 15 is 0 Å². The van der Waals surface area contributed by atoms with Crippen molar-refractivity contribution in [3.05, 3.63) is 23.8 Å². The summed E-state index contributed by atoms with van der Waals surface area (Å²) < 4.78 is 29.2. The van der Waals surface area contributed by atoms with Crippen LogP contribution in [0.2, 0.25) is 0 Å². The molecule has 0 aromatic heterocycles. The van der Waals surface area contributed by atoms with Crippen molar-refractivity contribution in [3.63, 3.8) is 0 Å². The van der Waals surface area contributed by atoms with Gasteiger partial charge in [0, 0.05) is 5.69 Å². The molecule has 1 aromatic rings. The molecular formula is C13H18N2O4S. The molecule has 0 aliphatic carbocycles. The second kappa shape index (κ2) is 4.66. The lowest BCUT2D eigenvalue weighted by Crippen LogP contribution is -2.35. The van der Waals surface area contributed by atoms with Gasteiger partial charge in [-0.2, -0.15) is 0 Å². The molecule has 1 aliphatic heterocycles. The average Bonchev–Trinajstić information content (AvgIpc) is 2.47. The first-order valence-electron chi connectivity index (χ1n) is 6.20. The highest BCUT2D eigenvalue weighted by Gasteiger charge is 2.36. The van der Waals surface area contributed by atoms with E-state index in [1.807, 2.05) is 0 Å². The number of nitrogens with one attached hydrogen (secondary N) is 1. The van der Waals surface area contributed by atoms with E-state index in [-0.39, 0.29) is 10.6 Å². The summed E-state index contributed by atoms with van der Waals surface area (Å²) >= 11 is 0. The first-order valence-corrected chi connectivity index (χ1v) is 7.85. The van der Waals surface area contributed by atoms with Crippen molar-refractivity contribution in [2.45, 2.75) is 37.3 Å². The Morgan fingerprint density at radius 2 is 2.05 bits per heavy atom. The molecule has 1 aliphatic rings. The van der Waals surface area contributed by atoms with Crippen molar-refractivity contribution < 1.29 is 17.9 Å². The van der Waals surface area contributed by atoms with E-state index in [1.165, 1.54) is 6.07 Å². The number of amides is 1. The summed E-state index contributed by atoms with van der Waals surface area (Å²) in [6.07, 6.45) is -0.637. The quantitative estimate of drug-likeness (QED) is 0.768. The molecular weight excluding hydrogens is 280 g/mol. The van der Waals surface area contributed by atoms with Gasteiger partial charge in [0.2, 0.25) is 0 Å². The van der Waals surface area contributed by atoms with Crippen LogP contribution in [0.15, 0.2) is 23.1 Å². The predicted octanol–water partition coefficient (Wildman–Crippen LogP) is 1.62. The Bertz CT molecular complexity index is 647. The highest BCUT2D eigenvalue weighted by molar-refractivity contribution is 7.91. The molecule has 2 rings (SSSR count). The number of carbonyl (C=O) groups is 1. The Kier molecular flexibility index (Phi) is 3.41. The summed E-state index contributed by atoms with van der Waals surface area (Å²) in [6, 6.07) is 4.05. The number of nitrogens with two attached hydrogens (primary N) is 1. The number of hydrogen-bond donors (Lipinski definition) is 2. The number of ether oxygens (including phenoxy) is 1. The van der Waals surface area contributed by atoms with Crippen molar-refractivity contribution in [2.24, 2.45) is 0 Å². The van der Waals surface area contributed by atoms with Crippen LogP contribution in [0, 0.1) is 0 Å². The van der Waals surface area contributed by atoms with Crippen molar-refractivity contribution in [1.29, 1.82) is 0 Å². The van der Waals surface area contributed by atoms with Gasteiger partial charge in [-0.25, -0.2) is 13.2 Å². The van der Waals surface area contributed by atoms with Gasteiger partial charge in [-0.1, -0.05) is 6.07 Å². The zero-order chi connectivity index (χ0) is 15.1. The summed E-state index contributed by atoms with van der Waals surface area (Å²) in [6.45, 7) is 5.23. The van der Waals surface area contributed by atoms with Gasteiger partial charge < -0.3 is 15.8 Å². The number of nitrogen functional groups attached to an aromatic ring is 1. The smallest absolute Gasteiger partial charge is 0.408 e. The largest absolute Gasteiger partial charge is 0.444 e. The van der Waals surface area contributed by atoms with Crippen LogP contribution in [-0.2, 0) is 14.6 Å². The van der Waals surface area contributed by atoms with Crippen molar-refractivity contribution >= 4 is 21.6 Å². The lowest BCUT2D eigenvalue weighted by molar-refractivity contribution is 0.0509. The minimum Gasteiger partial charge on any atom is -0.444 e. The third kappa shape index (κ3) is 3.04. The van der Waals surface area contributed by atoms with Crippen LogP contribution in [0.4, 0.5) is 10.5 Å². The maximum atomic E-state index is 12.0. The molecule has 0 saturated carbocycles. The fraction of sp³-hybridized carbons (Fsp3) is 0.462. The number of carbonyl (C=O) groups excluding carboxylic acids is 1. The second-order valence-corrected chi connectivity index (χ2v) is 7.78. The number of benzene rings is 1. The third-order valence-electron chi connectivity index (χ3n) is 2.83. The molecule has 6 nitrogen and oxygen atoms in total. The first-order chi connectivity index (χ1) is 9.08. The fourth-order valence-corrected chi connectivity index (χ4v) is 3.84. The molecule has 0 saturated heterocycles.